The van der Waals surface area contributed by atoms with E-state index in [1.54, 1.807) is 0 Å². The van der Waals surface area contributed by atoms with Gasteiger partial charge in [0.05, 0.1) is 0 Å². The molecule has 0 aliphatic heterocycles. The second-order valence-corrected chi connectivity index (χ2v) is 4.68. The van der Waals surface area contributed by atoms with Crippen LogP contribution in [0.5, 0.6) is 0 Å². The monoisotopic (exact) mass is 195 g/mol. The van der Waals surface area contributed by atoms with E-state index >= 15 is 0 Å². The van der Waals surface area contributed by atoms with Gasteiger partial charge < -0.3 is 5.32 Å². The van der Waals surface area contributed by atoms with Crippen LogP contribution in [0.1, 0.15) is 52.4 Å². The summed E-state index contributed by atoms with van der Waals surface area (Å²) in [5.74, 6) is 0.854. The van der Waals surface area contributed by atoms with E-state index in [0.29, 0.717) is 6.04 Å². The van der Waals surface area contributed by atoms with Crippen LogP contribution in [-0.2, 0) is 0 Å². The van der Waals surface area contributed by atoms with Gasteiger partial charge in [0.15, 0.2) is 0 Å². The van der Waals surface area contributed by atoms with Crippen molar-refractivity contribution in [2.24, 2.45) is 5.92 Å². The lowest BCUT2D eigenvalue weighted by Gasteiger charge is -2.31. The first-order valence-electron chi connectivity index (χ1n) is 6.14. The Labute approximate surface area is 89.0 Å². The molecule has 0 aromatic rings. The van der Waals surface area contributed by atoms with E-state index in [-0.39, 0.29) is 0 Å². The highest BCUT2D eigenvalue weighted by molar-refractivity contribution is 5.04. The predicted molar refractivity (Wildman–Crippen MR) is 63.5 cm³/mol. The van der Waals surface area contributed by atoms with Crippen molar-refractivity contribution in [3.8, 4) is 0 Å². The summed E-state index contributed by atoms with van der Waals surface area (Å²) in [6, 6.07) is 0.579. The quantitative estimate of drug-likeness (QED) is 0.662. The van der Waals surface area contributed by atoms with Gasteiger partial charge in [0, 0.05) is 6.04 Å². The molecule has 0 aromatic carbocycles. The third-order valence-electron chi connectivity index (χ3n) is 3.27. The molecule has 1 nitrogen and oxygen atoms in total. The Balaban J connectivity index is 2.43. The average molecular weight is 195 g/mol. The minimum Gasteiger partial charge on any atom is -0.310 e. The molecule has 0 spiro atoms. The molecule has 0 radical (unpaired) electrons. The Morgan fingerprint density at radius 1 is 1.36 bits per heavy atom. The largest absolute Gasteiger partial charge is 0.310 e. The van der Waals surface area contributed by atoms with Crippen molar-refractivity contribution in [1.29, 1.82) is 0 Å². The molecular weight excluding hydrogens is 170 g/mol. The van der Waals surface area contributed by atoms with Gasteiger partial charge in [0.25, 0.3) is 0 Å². The Morgan fingerprint density at radius 2 is 2.00 bits per heavy atom. The minimum absolute atomic E-state index is 0.579. The van der Waals surface area contributed by atoms with Crippen LogP contribution < -0.4 is 5.32 Å². The van der Waals surface area contributed by atoms with E-state index < -0.39 is 0 Å². The third-order valence-corrected chi connectivity index (χ3v) is 3.27. The van der Waals surface area contributed by atoms with Gasteiger partial charge in [-0.05, 0) is 38.6 Å². The van der Waals surface area contributed by atoms with E-state index in [2.05, 4.69) is 25.7 Å². The predicted octanol–water partition coefficient (Wildman–Crippen LogP) is 3.51. The maximum absolute atomic E-state index is 4.12. The summed E-state index contributed by atoms with van der Waals surface area (Å²) in [6.07, 6.45) is 8.29. The maximum Gasteiger partial charge on any atom is 0.0302 e. The summed E-state index contributed by atoms with van der Waals surface area (Å²) >= 11 is 0. The zero-order chi connectivity index (χ0) is 10.4. The SMILES string of the molecule is C=C(C)C(NCCC)C1CCCCC1. The van der Waals surface area contributed by atoms with Crippen LogP contribution in [-0.4, -0.2) is 12.6 Å². The Bertz CT molecular complexity index is 168. The average Bonchev–Trinajstić information content (AvgIpc) is 2.19. The zero-order valence-corrected chi connectivity index (χ0v) is 9.81. The zero-order valence-electron chi connectivity index (χ0n) is 9.81. The van der Waals surface area contributed by atoms with E-state index in [1.807, 2.05) is 0 Å². The van der Waals surface area contributed by atoms with Gasteiger partial charge in [0.1, 0.15) is 0 Å². The molecule has 1 atom stereocenters. The number of nitrogens with one attached hydrogen (secondary N) is 1. The Kier molecular flexibility index (Phi) is 5.24. The van der Waals surface area contributed by atoms with Crippen LogP contribution in [0.15, 0.2) is 12.2 Å². The molecule has 0 saturated heterocycles. The molecule has 1 heteroatoms. The first kappa shape index (κ1) is 11.8. The molecule has 1 unspecified atom stereocenters. The van der Waals surface area contributed by atoms with Gasteiger partial charge in [0.2, 0.25) is 0 Å². The lowest BCUT2D eigenvalue weighted by Crippen LogP contribution is -2.38. The minimum atomic E-state index is 0.579. The highest BCUT2D eigenvalue weighted by Crippen LogP contribution is 2.28. The molecule has 1 aliphatic rings. The van der Waals surface area contributed by atoms with E-state index in [1.165, 1.54) is 44.1 Å². The second kappa shape index (κ2) is 6.23. The highest BCUT2D eigenvalue weighted by Gasteiger charge is 2.23. The van der Waals surface area contributed by atoms with Crippen LogP contribution >= 0.6 is 0 Å². The maximum atomic E-state index is 4.12. The van der Waals surface area contributed by atoms with Gasteiger partial charge in [-0.1, -0.05) is 38.3 Å². The molecule has 1 saturated carbocycles. The molecule has 0 bridgehead atoms. The van der Waals surface area contributed by atoms with E-state index in [9.17, 15) is 0 Å². The van der Waals surface area contributed by atoms with Crippen LogP contribution in [0.25, 0.3) is 0 Å². The molecule has 1 fully saturated rings. The molecule has 0 aromatic heterocycles. The van der Waals surface area contributed by atoms with Gasteiger partial charge in [-0.25, -0.2) is 0 Å². The number of hydrogen-bond acceptors (Lipinski definition) is 1. The first-order chi connectivity index (χ1) is 6.75. The third kappa shape index (κ3) is 3.45. The molecule has 1 rings (SSSR count). The van der Waals surface area contributed by atoms with Crippen LogP contribution in [0.3, 0.4) is 0 Å². The Morgan fingerprint density at radius 3 is 2.50 bits per heavy atom. The van der Waals surface area contributed by atoms with Gasteiger partial charge in [-0.2, -0.15) is 0 Å². The summed E-state index contributed by atoms with van der Waals surface area (Å²) in [6.45, 7) is 9.65. The normalized spacial score (nSPS) is 20.7. The fourth-order valence-corrected chi connectivity index (χ4v) is 2.51. The second-order valence-electron chi connectivity index (χ2n) is 4.68. The molecule has 1 aliphatic carbocycles. The Hall–Kier alpha value is -0.300. The molecule has 14 heavy (non-hydrogen) atoms. The summed E-state index contributed by atoms with van der Waals surface area (Å²) in [5, 5.41) is 3.64. The highest BCUT2D eigenvalue weighted by atomic mass is 14.9. The number of rotatable bonds is 5. The standard InChI is InChI=1S/C13H25N/c1-4-10-14-13(11(2)3)12-8-6-5-7-9-12/h12-14H,2,4-10H2,1,3H3. The van der Waals surface area contributed by atoms with Gasteiger partial charge in [-0.15, -0.1) is 0 Å². The van der Waals surface area contributed by atoms with Crippen molar-refractivity contribution in [3.05, 3.63) is 12.2 Å². The lowest BCUT2D eigenvalue weighted by atomic mass is 9.81. The summed E-state index contributed by atoms with van der Waals surface area (Å²) < 4.78 is 0. The van der Waals surface area contributed by atoms with Crippen molar-refractivity contribution < 1.29 is 0 Å². The fourth-order valence-electron chi connectivity index (χ4n) is 2.51. The van der Waals surface area contributed by atoms with Crippen molar-refractivity contribution in [2.75, 3.05) is 6.54 Å². The topological polar surface area (TPSA) is 12.0 Å². The fraction of sp³-hybridized carbons (Fsp3) is 0.846. The van der Waals surface area contributed by atoms with E-state index in [4.69, 9.17) is 0 Å². The van der Waals surface area contributed by atoms with Crippen molar-refractivity contribution in [2.45, 2.75) is 58.4 Å². The summed E-state index contributed by atoms with van der Waals surface area (Å²) in [4.78, 5) is 0. The molecule has 0 amide bonds. The number of hydrogen-bond donors (Lipinski definition) is 1. The van der Waals surface area contributed by atoms with Gasteiger partial charge in [-0.3, -0.25) is 0 Å². The molecule has 82 valence electrons. The van der Waals surface area contributed by atoms with Gasteiger partial charge >= 0.3 is 0 Å². The molecule has 0 heterocycles. The van der Waals surface area contributed by atoms with Crippen LogP contribution in [0.2, 0.25) is 0 Å². The van der Waals surface area contributed by atoms with Crippen molar-refractivity contribution >= 4 is 0 Å². The molecular formula is C13H25N. The first-order valence-corrected chi connectivity index (χ1v) is 6.14. The smallest absolute Gasteiger partial charge is 0.0302 e. The lowest BCUT2D eigenvalue weighted by molar-refractivity contribution is 0.293. The van der Waals surface area contributed by atoms with Crippen molar-refractivity contribution in [3.63, 3.8) is 0 Å². The van der Waals surface area contributed by atoms with Crippen LogP contribution in [0, 0.1) is 5.92 Å². The van der Waals surface area contributed by atoms with Crippen LogP contribution in [0.4, 0.5) is 0 Å². The molecule has 1 N–H and O–H groups in total. The van der Waals surface area contributed by atoms with Crippen molar-refractivity contribution in [1.82, 2.24) is 5.32 Å². The summed E-state index contributed by atoms with van der Waals surface area (Å²) in [7, 11) is 0. The summed E-state index contributed by atoms with van der Waals surface area (Å²) in [5.41, 5.74) is 1.32. The van der Waals surface area contributed by atoms with E-state index in [0.717, 1.165) is 12.5 Å².